The van der Waals surface area contributed by atoms with Gasteiger partial charge in [-0.15, -0.1) is 0 Å². The highest BCUT2D eigenvalue weighted by Gasteiger charge is 2.14. The Labute approximate surface area is 123 Å². The average molecular weight is 303 g/mol. The molecule has 0 saturated carbocycles. The zero-order chi connectivity index (χ0) is 14.9. The molecule has 6 heteroatoms. The predicted molar refractivity (Wildman–Crippen MR) is 83.5 cm³/mol. The molecule has 3 aromatic rings. The van der Waals surface area contributed by atoms with E-state index < -0.39 is 10.0 Å². The Morgan fingerprint density at radius 1 is 1.19 bits per heavy atom. The molecule has 0 fully saturated rings. The summed E-state index contributed by atoms with van der Waals surface area (Å²) in [6.07, 6.45) is 5.80. The Morgan fingerprint density at radius 3 is 2.67 bits per heavy atom. The Balaban J connectivity index is 1.96. The molecule has 1 aromatic carbocycles. The molecule has 0 spiro atoms. The molecule has 2 heterocycles. The van der Waals surface area contributed by atoms with E-state index in [4.69, 9.17) is 5.73 Å². The van der Waals surface area contributed by atoms with E-state index in [1.54, 1.807) is 24.5 Å². The molecule has 110 valence electrons. The van der Waals surface area contributed by atoms with Crippen LogP contribution in [0.3, 0.4) is 0 Å². The van der Waals surface area contributed by atoms with E-state index in [0.29, 0.717) is 6.54 Å². The minimum Gasteiger partial charge on any atom is -0.361 e. The van der Waals surface area contributed by atoms with Gasteiger partial charge in [-0.2, -0.15) is 0 Å². The monoisotopic (exact) mass is 303 g/mol. The number of aromatic nitrogens is 2. The molecule has 3 N–H and O–H groups in total. The normalized spacial score (nSPS) is 12.0. The van der Waals surface area contributed by atoms with Gasteiger partial charge in [-0.05, 0) is 48.4 Å². The van der Waals surface area contributed by atoms with Crippen molar-refractivity contribution in [3.63, 3.8) is 0 Å². The fourth-order valence-electron chi connectivity index (χ4n) is 2.47. The summed E-state index contributed by atoms with van der Waals surface area (Å²) in [5.74, 6) is -0.0230. The van der Waals surface area contributed by atoms with Crippen LogP contribution in [0.1, 0.15) is 11.1 Å². The number of H-pyrrole nitrogens is 1. The molecule has 0 bridgehead atoms. The summed E-state index contributed by atoms with van der Waals surface area (Å²) in [5, 5.41) is 1.04. The first-order chi connectivity index (χ1) is 10.1. The quantitative estimate of drug-likeness (QED) is 0.755. The van der Waals surface area contributed by atoms with Crippen molar-refractivity contribution in [2.45, 2.75) is 12.2 Å². The van der Waals surface area contributed by atoms with Crippen molar-refractivity contribution in [2.24, 2.45) is 5.73 Å². The number of nitrogens with two attached hydrogens (primary N) is 1. The second-order valence-electron chi connectivity index (χ2n) is 5.00. The number of nitrogens with zero attached hydrogens (tertiary/aromatic N) is 1. The van der Waals surface area contributed by atoms with Gasteiger partial charge in [0.05, 0.1) is 5.75 Å². The molecule has 5 nitrogen and oxygen atoms in total. The van der Waals surface area contributed by atoms with Crippen molar-refractivity contribution >= 4 is 20.9 Å². The highest BCUT2D eigenvalue weighted by molar-refractivity contribution is 7.89. The van der Waals surface area contributed by atoms with Gasteiger partial charge in [-0.3, -0.25) is 3.97 Å². The first-order valence-corrected chi connectivity index (χ1v) is 8.36. The van der Waals surface area contributed by atoms with E-state index in [9.17, 15) is 8.42 Å². The van der Waals surface area contributed by atoms with Crippen LogP contribution in [-0.4, -0.2) is 23.9 Å². The summed E-state index contributed by atoms with van der Waals surface area (Å²) >= 11 is 0. The van der Waals surface area contributed by atoms with Crippen molar-refractivity contribution in [1.82, 2.24) is 8.96 Å². The topological polar surface area (TPSA) is 80.9 Å². The fourth-order valence-corrected chi connectivity index (χ4v) is 3.73. The molecule has 0 aliphatic rings. The van der Waals surface area contributed by atoms with Crippen LogP contribution in [0.15, 0.2) is 48.9 Å². The Bertz CT molecular complexity index is 848. The Hall–Kier alpha value is -2.05. The first-order valence-electron chi connectivity index (χ1n) is 6.75. The Morgan fingerprint density at radius 2 is 1.95 bits per heavy atom. The molecule has 0 radical (unpaired) electrons. The predicted octanol–water partition coefficient (Wildman–Crippen LogP) is 1.85. The molecule has 0 unspecified atom stereocenters. The van der Waals surface area contributed by atoms with Crippen LogP contribution in [0.4, 0.5) is 0 Å². The maximum atomic E-state index is 12.3. The van der Waals surface area contributed by atoms with E-state index in [2.05, 4.69) is 4.98 Å². The van der Waals surface area contributed by atoms with E-state index >= 15 is 0 Å². The number of benzene rings is 1. The highest BCUT2D eigenvalue weighted by atomic mass is 32.2. The third kappa shape index (κ3) is 2.72. The number of rotatable bonds is 5. The van der Waals surface area contributed by atoms with Gasteiger partial charge in [0.25, 0.3) is 0 Å². The molecule has 0 amide bonds. The molecular formula is C15H17N3O2S. The molecule has 0 saturated heterocycles. The maximum Gasteiger partial charge on any atom is 0.242 e. The van der Waals surface area contributed by atoms with Gasteiger partial charge in [0, 0.05) is 29.5 Å². The largest absolute Gasteiger partial charge is 0.361 e. The van der Waals surface area contributed by atoms with Gasteiger partial charge in [0.15, 0.2) is 0 Å². The molecular weight excluding hydrogens is 286 g/mol. The molecule has 3 rings (SSSR count). The summed E-state index contributed by atoms with van der Waals surface area (Å²) < 4.78 is 25.8. The third-order valence-corrected chi connectivity index (χ3v) is 5.08. The number of hydrogen-bond donors (Lipinski definition) is 2. The fraction of sp³-hybridized carbons (Fsp3) is 0.200. The standard InChI is InChI=1S/C15H17N3O2S/c16-6-5-13-10-17-15-4-3-12(9-14(13)15)11-21(19,20)18-7-1-2-8-18/h1-4,7-10,17H,5-6,11,16H2. The van der Waals surface area contributed by atoms with Crippen LogP contribution in [0.25, 0.3) is 10.9 Å². The van der Waals surface area contributed by atoms with Gasteiger partial charge in [0.2, 0.25) is 10.0 Å². The van der Waals surface area contributed by atoms with Crippen LogP contribution in [0.2, 0.25) is 0 Å². The summed E-state index contributed by atoms with van der Waals surface area (Å²) in [4.78, 5) is 3.18. The van der Waals surface area contributed by atoms with Crippen molar-refractivity contribution < 1.29 is 8.42 Å². The van der Waals surface area contributed by atoms with Crippen LogP contribution in [-0.2, 0) is 22.2 Å². The first kappa shape index (κ1) is 13.9. The zero-order valence-electron chi connectivity index (χ0n) is 11.5. The highest BCUT2D eigenvalue weighted by Crippen LogP contribution is 2.21. The smallest absolute Gasteiger partial charge is 0.242 e. The van der Waals surface area contributed by atoms with Gasteiger partial charge in [-0.1, -0.05) is 6.07 Å². The zero-order valence-corrected chi connectivity index (χ0v) is 12.3. The van der Waals surface area contributed by atoms with Crippen molar-refractivity contribution in [3.05, 3.63) is 60.0 Å². The number of fused-ring (bicyclic) bond motifs is 1. The number of hydrogen-bond acceptors (Lipinski definition) is 3. The molecule has 21 heavy (non-hydrogen) atoms. The average Bonchev–Trinajstić information content (AvgIpc) is 3.09. The van der Waals surface area contributed by atoms with Crippen LogP contribution in [0, 0.1) is 0 Å². The minimum atomic E-state index is -3.37. The molecule has 0 aliphatic carbocycles. The lowest BCUT2D eigenvalue weighted by Gasteiger charge is -2.06. The minimum absolute atomic E-state index is 0.0230. The molecule has 2 aromatic heterocycles. The lowest BCUT2D eigenvalue weighted by molar-refractivity contribution is 0.586. The second kappa shape index (κ2) is 5.38. The van der Waals surface area contributed by atoms with Crippen molar-refractivity contribution in [1.29, 1.82) is 0 Å². The third-order valence-electron chi connectivity index (χ3n) is 3.49. The summed E-state index contributed by atoms with van der Waals surface area (Å²) in [7, 11) is -3.37. The van der Waals surface area contributed by atoms with E-state index in [1.165, 1.54) is 3.97 Å². The van der Waals surface area contributed by atoms with Gasteiger partial charge < -0.3 is 10.7 Å². The SMILES string of the molecule is NCCc1c[nH]c2ccc(CS(=O)(=O)n3cccc3)cc12. The molecule has 0 atom stereocenters. The van der Waals surface area contributed by atoms with E-state index in [0.717, 1.165) is 28.5 Å². The summed E-state index contributed by atoms with van der Waals surface area (Å²) in [6, 6.07) is 9.08. The van der Waals surface area contributed by atoms with Crippen LogP contribution in [0.5, 0.6) is 0 Å². The number of nitrogens with one attached hydrogen (secondary N) is 1. The molecule has 0 aliphatic heterocycles. The van der Waals surface area contributed by atoms with E-state index in [-0.39, 0.29) is 5.75 Å². The second-order valence-corrected chi connectivity index (χ2v) is 6.88. The Kier molecular flexibility index (Phi) is 3.57. The van der Waals surface area contributed by atoms with Crippen molar-refractivity contribution in [3.8, 4) is 0 Å². The summed E-state index contributed by atoms with van der Waals surface area (Å²) in [5.41, 5.74) is 8.49. The number of aromatic amines is 1. The van der Waals surface area contributed by atoms with Crippen molar-refractivity contribution in [2.75, 3.05) is 6.54 Å². The van der Waals surface area contributed by atoms with Crippen LogP contribution < -0.4 is 5.73 Å². The van der Waals surface area contributed by atoms with Gasteiger partial charge in [-0.25, -0.2) is 8.42 Å². The van der Waals surface area contributed by atoms with E-state index in [1.807, 2.05) is 24.4 Å². The lowest BCUT2D eigenvalue weighted by Crippen LogP contribution is -2.13. The van der Waals surface area contributed by atoms with Gasteiger partial charge >= 0.3 is 0 Å². The van der Waals surface area contributed by atoms with Crippen LogP contribution >= 0.6 is 0 Å². The van der Waals surface area contributed by atoms with Gasteiger partial charge in [0.1, 0.15) is 0 Å². The summed E-state index contributed by atoms with van der Waals surface area (Å²) in [6.45, 7) is 0.568. The maximum absolute atomic E-state index is 12.3. The lowest BCUT2D eigenvalue weighted by atomic mass is 10.1.